The first-order chi connectivity index (χ1) is 5.37. The zero-order chi connectivity index (χ0) is 9.52. The normalized spacial score (nSPS) is 21.2. The highest BCUT2D eigenvalue weighted by Crippen LogP contribution is 2.35. The van der Waals surface area contributed by atoms with Crippen molar-refractivity contribution in [2.45, 2.75) is 27.7 Å². The number of nitrogens with zero attached hydrogens (tertiary/aromatic N) is 2. The van der Waals surface area contributed by atoms with E-state index in [1.807, 2.05) is 20.8 Å². The lowest BCUT2D eigenvalue weighted by Crippen LogP contribution is -2.25. The van der Waals surface area contributed by atoms with Gasteiger partial charge in [0.1, 0.15) is 0 Å². The smallest absolute Gasteiger partial charge is 0.243 e. The number of hydrogen-bond acceptors (Lipinski definition) is 2. The van der Waals surface area contributed by atoms with Crippen molar-refractivity contribution in [1.29, 1.82) is 0 Å². The zero-order valence-electron chi connectivity index (χ0n) is 8.01. The van der Waals surface area contributed by atoms with Gasteiger partial charge in [-0.1, -0.05) is 6.58 Å². The minimum absolute atomic E-state index is 0.0788. The van der Waals surface area contributed by atoms with Gasteiger partial charge < -0.3 is 0 Å². The number of allylic oxidation sites excluding steroid dienone is 1. The maximum atomic E-state index is 11.0. The van der Waals surface area contributed by atoms with Crippen LogP contribution in [-0.4, -0.2) is 16.6 Å². The fourth-order valence-corrected chi connectivity index (χ4v) is 1.07. The molecule has 0 atom stereocenters. The lowest BCUT2D eigenvalue weighted by Gasteiger charge is -2.21. The summed E-state index contributed by atoms with van der Waals surface area (Å²) in [5.74, 6) is -0.0788. The molecule has 0 aliphatic carbocycles. The number of rotatable bonds is 0. The fraction of sp³-hybridized carbons (Fsp3) is 0.556. The predicted octanol–water partition coefficient (Wildman–Crippen LogP) is 1.76. The fourth-order valence-electron chi connectivity index (χ4n) is 1.07. The molecule has 1 rings (SSSR count). The van der Waals surface area contributed by atoms with Crippen molar-refractivity contribution in [1.82, 2.24) is 5.01 Å². The SMILES string of the molecule is C=C1N(C(C)=O)N=C(C)C1(C)C. The van der Waals surface area contributed by atoms with Crippen molar-refractivity contribution >= 4 is 11.6 Å². The van der Waals surface area contributed by atoms with E-state index >= 15 is 0 Å². The van der Waals surface area contributed by atoms with E-state index in [9.17, 15) is 4.79 Å². The summed E-state index contributed by atoms with van der Waals surface area (Å²) in [5, 5.41) is 5.49. The van der Waals surface area contributed by atoms with Gasteiger partial charge >= 0.3 is 0 Å². The molecule has 0 saturated carbocycles. The number of hydrogen-bond donors (Lipinski definition) is 0. The molecule has 3 nitrogen and oxygen atoms in total. The van der Waals surface area contributed by atoms with Crippen molar-refractivity contribution in [3.8, 4) is 0 Å². The Balaban J connectivity index is 3.04. The van der Waals surface area contributed by atoms with Crippen LogP contribution < -0.4 is 0 Å². The van der Waals surface area contributed by atoms with Crippen molar-refractivity contribution in [3.05, 3.63) is 12.3 Å². The van der Waals surface area contributed by atoms with E-state index in [1.165, 1.54) is 11.9 Å². The van der Waals surface area contributed by atoms with Gasteiger partial charge in [-0.3, -0.25) is 4.79 Å². The standard InChI is InChI=1S/C9H14N2O/c1-6-9(4,5)7(2)11(10-6)8(3)12/h2H2,1,3-5H3. The summed E-state index contributed by atoms with van der Waals surface area (Å²) in [5.41, 5.74) is 1.52. The van der Waals surface area contributed by atoms with Gasteiger partial charge in [-0.05, 0) is 20.8 Å². The Labute approximate surface area is 72.8 Å². The molecule has 0 aromatic rings. The van der Waals surface area contributed by atoms with Crippen LogP contribution in [0.3, 0.4) is 0 Å². The first kappa shape index (κ1) is 8.97. The topological polar surface area (TPSA) is 32.7 Å². The van der Waals surface area contributed by atoms with Crippen molar-refractivity contribution < 1.29 is 4.79 Å². The van der Waals surface area contributed by atoms with Crippen molar-refractivity contribution in [2.24, 2.45) is 10.5 Å². The van der Waals surface area contributed by atoms with Gasteiger partial charge in [-0.2, -0.15) is 5.10 Å². The van der Waals surface area contributed by atoms with Gasteiger partial charge in [-0.25, -0.2) is 5.01 Å². The molecule has 1 amide bonds. The monoisotopic (exact) mass is 166 g/mol. The Morgan fingerprint density at radius 1 is 1.58 bits per heavy atom. The summed E-state index contributed by atoms with van der Waals surface area (Å²) in [4.78, 5) is 11.0. The number of hydrazone groups is 1. The molecule has 0 aromatic carbocycles. The molecule has 0 saturated heterocycles. The van der Waals surface area contributed by atoms with Crippen LogP contribution in [0.2, 0.25) is 0 Å². The molecular weight excluding hydrogens is 152 g/mol. The summed E-state index contributed by atoms with van der Waals surface area (Å²) in [7, 11) is 0. The molecule has 66 valence electrons. The summed E-state index contributed by atoms with van der Waals surface area (Å²) in [6.45, 7) is 11.3. The minimum Gasteiger partial charge on any atom is -0.273 e. The second kappa shape index (κ2) is 2.44. The lowest BCUT2D eigenvalue weighted by molar-refractivity contribution is -0.127. The third kappa shape index (κ3) is 1.05. The molecule has 1 heterocycles. The molecule has 0 bridgehead atoms. The van der Waals surface area contributed by atoms with Crippen LogP contribution in [0.4, 0.5) is 0 Å². The van der Waals surface area contributed by atoms with E-state index in [1.54, 1.807) is 0 Å². The average molecular weight is 166 g/mol. The Hall–Kier alpha value is -1.12. The van der Waals surface area contributed by atoms with Gasteiger partial charge in [0.25, 0.3) is 0 Å². The van der Waals surface area contributed by atoms with E-state index in [-0.39, 0.29) is 11.3 Å². The highest BCUT2D eigenvalue weighted by Gasteiger charge is 2.37. The predicted molar refractivity (Wildman–Crippen MR) is 48.6 cm³/mol. The first-order valence-corrected chi connectivity index (χ1v) is 3.93. The van der Waals surface area contributed by atoms with E-state index in [4.69, 9.17) is 0 Å². The quantitative estimate of drug-likeness (QED) is 0.539. The first-order valence-electron chi connectivity index (χ1n) is 3.93. The average Bonchev–Trinajstić information content (AvgIpc) is 2.13. The summed E-state index contributed by atoms with van der Waals surface area (Å²) in [6, 6.07) is 0. The molecule has 3 heteroatoms. The molecule has 1 aliphatic rings. The second-order valence-electron chi connectivity index (χ2n) is 3.59. The lowest BCUT2D eigenvalue weighted by atomic mass is 9.86. The Morgan fingerprint density at radius 3 is 2.25 bits per heavy atom. The molecule has 0 radical (unpaired) electrons. The van der Waals surface area contributed by atoms with E-state index < -0.39 is 0 Å². The molecule has 1 aliphatic heterocycles. The van der Waals surface area contributed by atoms with E-state index in [0.29, 0.717) is 0 Å². The zero-order valence-corrected chi connectivity index (χ0v) is 8.01. The molecule has 0 N–H and O–H groups in total. The number of carbonyl (C=O) groups is 1. The van der Waals surface area contributed by atoms with Gasteiger partial charge in [0, 0.05) is 23.7 Å². The van der Waals surface area contributed by atoms with Gasteiger partial charge in [0.2, 0.25) is 5.91 Å². The van der Waals surface area contributed by atoms with Crippen LogP contribution in [0.15, 0.2) is 17.4 Å². The highest BCUT2D eigenvalue weighted by atomic mass is 16.2. The largest absolute Gasteiger partial charge is 0.273 e. The summed E-state index contributed by atoms with van der Waals surface area (Å²) < 4.78 is 0. The second-order valence-corrected chi connectivity index (χ2v) is 3.59. The van der Waals surface area contributed by atoms with Crippen LogP contribution in [0.25, 0.3) is 0 Å². The van der Waals surface area contributed by atoms with Crippen LogP contribution in [0.5, 0.6) is 0 Å². The summed E-state index contributed by atoms with van der Waals surface area (Å²) >= 11 is 0. The molecule has 0 fully saturated rings. The van der Waals surface area contributed by atoms with Gasteiger partial charge in [0.05, 0.1) is 0 Å². The van der Waals surface area contributed by atoms with Crippen LogP contribution in [0.1, 0.15) is 27.7 Å². The van der Waals surface area contributed by atoms with Crippen molar-refractivity contribution in [3.63, 3.8) is 0 Å². The van der Waals surface area contributed by atoms with E-state index in [2.05, 4.69) is 11.7 Å². The molecule has 0 unspecified atom stereocenters. The number of carbonyl (C=O) groups excluding carboxylic acids is 1. The Kier molecular flexibility index (Phi) is 1.82. The van der Waals surface area contributed by atoms with Crippen LogP contribution in [-0.2, 0) is 4.79 Å². The third-order valence-corrected chi connectivity index (χ3v) is 2.43. The molecule has 0 spiro atoms. The summed E-state index contributed by atoms with van der Waals surface area (Å²) in [6.07, 6.45) is 0. The molecular formula is C9H14N2O. The maximum absolute atomic E-state index is 11.0. The van der Waals surface area contributed by atoms with Crippen LogP contribution in [0, 0.1) is 5.41 Å². The minimum atomic E-state index is -0.175. The number of amides is 1. The highest BCUT2D eigenvalue weighted by molar-refractivity contribution is 5.95. The van der Waals surface area contributed by atoms with Gasteiger partial charge in [0.15, 0.2) is 0 Å². The van der Waals surface area contributed by atoms with Crippen molar-refractivity contribution in [2.75, 3.05) is 0 Å². The van der Waals surface area contributed by atoms with Crippen LogP contribution >= 0.6 is 0 Å². The third-order valence-electron chi connectivity index (χ3n) is 2.43. The molecule has 12 heavy (non-hydrogen) atoms. The Bertz CT molecular complexity index is 276. The Morgan fingerprint density at radius 2 is 2.08 bits per heavy atom. The molecule has 0 aromatic heterocycles. The maximum Gasteiger partial charge on any atom is 0.243 e. The van der Waals surface area contributed by atoms with E-state index in [0.717, 1.165) is 11.4 Å². The van der Waals surface area contributed by atoms with Gasteiger partial charge in [-0.15, -0.1) is 0 Å².